The minimum Gasteiger partial charge on any atom is -0.390 e. The van der Waals surface area contributed by atoms with Gasteiger partial charge in [0.15, 0.2) is 5.82 Å². The lowest BCUT2D eigenvalue weighted by Crippen LogP contribution is -2.23. The smallest absolute Gasteiger partial charge is 0.242 e. The van der Waals surface area contributed by atoms with Crippen molar-refractivity contribution in [1.29, 1.82) is 0 Å². The van der Waals surface area contributed by atoms with Gasteiger partial charge in [-0.1, -0.05) is 5.16 Å². The fraction of sp³-hybridized carbons (Fsp3) is 0.455. The Bertz CT molecular complexity index is 688. The van der Waals surface area contributed by atoms with Crippen LogP contribution in [0.2, 0.25) is 0 Å². The quantitative estimate of drug-likeness (QED) is 0.787. The number of hydrogen-bond donors (Lipinski definition) is 2. The zero-order chi connectivity index (χ0) is 14.2. The van der Waals surface area contributed by atoms with Gasteiger partial charge in [0.2, 0.25) is 16.4 Å². The first-order valence-electron chi connectivity index (χ1n) is 6.16. The van der Waals surface area contributed by atoms with Crippen LogP contribution in [-0.4, -0.2) is 28.2 Å². The molecule has 108 valence electrons. The maximum atomic E-state index is 12.2. The summed E-state index contributed by atoms with van der Waals surface area (Å²) in [6.45, 7) is -0.223. The molecule has 0 aliphatic heterocycles. The van der Waals surface area contributed by atoms with E-state index in [1.807, 2.05) is 4.57 Å². The van der Waals surface area contributed by atoms with Crippen molar-refractivity contribution in [2.75, 3.05) is 0 Å². The van der Waals surface area contributed by atoms with Gasteiger partial charge in [0.05, 0.1) is 18.0 Å². The van der Waals surface area contributed by atoms with Crippen LogP contribution >= 0.6 is 0 Å². The first-order valence-corrected chi connectivity index (χ1v) is 7.65. The minimum absolute atomic E-state index is 0.0398. The van der Waals surface area contributed by atoms with E-state index in [4.69, 9.17) is 0 Å². The van der Waals surface area contributed by atoms with Crippen molar-refractivity contribution >= 4 is 10.0 Å². The van der Waals surface area contributed by atoms with Crippen LogP contribution in [0.15, 0.2) is 28.1 Å². The van der Waals surface area contributed by atoms with Gasteiger partial charge in [0, 0.05) is 17.9 Å². The first kappa shape index (κ1) is 13.3. The molecule has 2 aromatic heterocycles. The Morgan fingerprint density at radius 3 is 2.90 bits per heavy atom. The van der Waals surface area contributed by atoms with Gasteiger partial charge in [-0.2, -0.15) is 4.98 Å². The van der Waals surface area contributed by atoms with Crippen LogP contribution in [-0.2, 0) is 23.2 Å². The number of aliphatic hydroxyl groups is 1. The Morgan fingerprint density at radius 2 is 2.30 bits per heavy atom. The number of hydrogen-bond acceptors (Lipinski definition) is 6. The molecule has 0 amide bonds. The van der Waals surface area contributed by atoms with Crippen LogP contribution in [0.3, 0.4) is 0 Å². The summed E-state index contributed by atoms with van der Waals surface area (Å²) >= 11 is 0. The van der Waals surface area contributed by atoms with Crippen molar-refractivity contribution in [3.8, 4) is 0 Å². The molecule has 1 saturated carbocycles. The standard InChI is InChI=1S/C11H14N4O4S/c16-6-9-3-10(5-15(9)8-1-2-8)20(17,18)13-4-11-12-7-19-14-11/h3,5,7-8,13,16H,1-2,4,6H2. The first-order chi connectivity index (χ1) is 9.60. The van der Waals surface area contributed by atoms with E-state index in [-0.39, 0.29) is 23.9 Å². The summed E-state index contributed by atoms with van der Waals surface area (Å²) in [6.07, 6.45) is 4.72. The van der Waals surface area contributed by atoms with Crippen LogP contribution in [0.1, 0.15) is 30.4 Å². The monoisotopic (exact) mass is 298 g/mol. The molecule has 0 unspecified atom stereocenters. The lowest BCUT2D eigenvalue weighted by molar-refractivity contribution is 0.270. The molecular weight excluding hydrogens is 284 g/mol. The van der Waals surface area contributed by atoms with Crippen LogP contribution in [0.25, 0.3) is 0 Å². The third-order valence-electron chi connectivity index (χ3n) is 3.15. The summed E-state index contributed by atoms with van der Waals surface area (Å²) in [6, 6.07) is 1.79. The van der Waals surface area contributed by atoms with Gasteiger partial charge in [-0.3, -0.25) is 0 Å². The normalized spacial score (nSPS) is 15.7. The van der Waals surface area contributed by atoms with E-state index in [0.29, 0.717) is 11.7 Å². The van der Waals surface area contributed by atoms with Gasteiger partial charge >= 0.3 is 0 Å². The van der Waals surface area contributed by atoms with Crippen LogP contribution in [0.4, 0.5) is 0 Å². The average molecular weight is 298 g/mol. The highest BCUT2D eigenvalue weighted by Crippen LogP contribution is 2.37. The van der Waals surface area contributed by atoms with Crippen molar-refractivity contribution in [2.45, 2.75) is 36.9 Å². The number of nitrogens with zero attached hydrogens (tertiary/aromatic N) is 3. The molecular formula is C11H14N4O4S. The second-order valence-electron chi connectivity index (χ2n) is 4.64. The number of aromatic nitrogens is 3. The molecule has 2 aromatic rings. The summed E-state index contributed by atoms with van der Waals surface area (Å²) in [5.74, 6) is 0.262. The molecule has 3 rings (SSSR count). The molecule has 2 N–H and O–H groups in total. The molecule has 1 aliphatic rings. The van der Waals surface area contributed by atoms with Crippen molar-refractivity contribution in [3.63, 3.8) is 0 Å². The minimum atomic E-state index is -3.66. The van der Waals surface area contributed by atoms with Crippen molar-refractivity contribution in [2.24, 2.45) is 0 Å². The highest BCUT2D eigenvalue weighted by molar-refractivity contribution is 7.89. The summed E-state index contributed by atoms with van der Waals surface area (Å²) in [5, 5.41) is 12.8. The SMILES string of the molecule is O=S(=O)(NCc1ncon1)c1cc(CO)n(C2CC2)c1. The van der Waals surface area contributed by atoms with E-state index >= 15 is 0 Å². The highest BCUT2D eigenvalue weighted by Gasteiger charge is 2.28. The number of nitrogens with one attached hydrogen (secondary N) is 1. The second-order valence-corrected chi connectivity index (χ2v) is 6.40. The van der Waals surface area contributed by atoms with Gasteiger partial charge in [-0.05, 0) is 18.9 Å². The van der Waals surface area contributed by atoms with E-state index in [0.717, 1.165) is 19.2 Å². The maximum Gasteiger partial charge on any atom is 0.242 e. The van der Waals surface area contributed by atoms with Crippen LogP contribution in [0, 0.1) is 0 Å². The van der Waals surface area contributed by atoms with Crippen molar-refractivity contribution in [1.82, 2.24) is 19.4 Å². The topological polar surface area (TPSA) is 110 Å². The van der Waals surface area contributed by atoms with E-state index in [2.05, 4.69) is 19.4 Å². The average Bonchev–Trinajstić information content (AvgIpc) is 2.98. The Balaban J connectivity index is 1.79. The predicted octanol–water partition coefficient (Wildman–Crippen LogP) is 0.177. The van der Waals surface area contributed by atoms with Crippen LogP contribution in [0.5, 0.6) is 0 Å². The fourth-order valence-electron chi connectivity index (χ4n) is 1.98. The molecule has 8 nitrogen and oxygen atoms in total. The maximum absolute atomic E-state index is 12.2. The van der Waals surface area contributed by atoms with Crippen molar-refractivity contribution in [3.05, 3.63) is 30.2 Å². The molecule has 2 heterocycles. The summed E-state index contributed by atoms with van der Waals surface area (Å²) < 4.78 is 33.1. The molecule has 20 heavy (non-hydrogen) atoms. The van der Waals surface area contributed by atoms with E-state index in [1.54, 1.807) is 6.20 Å². The molecule has 0 spiro atoms. The number of aliphatic hydroxyl groups excluding tert-OH is 1. The van der Waals surface area contributed by atoms with E-state index in [9.17, 15) is 13.5 Å². The molecule has 1 fully saturated rings. The lowest BCUT2D eigenvalue weighted by Gasteiger charge is -2.03. The summed E-state index contributed by atoms with van der Waals surface area (Å²) in [4.78, 5) is 3.88. The van der Waals surface area contributed by atoms with Crippen molar-refractivity contribution < 1.29 is 18.0 Å². The molecule has 0 aromatic carbocycles. The Morgan fingerprint density at radius 1 is 1.50 bits per heavy atom. The second kappa shape index (κ2) is 5.00. The molecule has 1 aliphatic carbocycles. The van der Waals surface area contributed by atoms with Gasteiger partial charge in [-0.25, -0.2) is 13.1 Å². The van der Waals surface area contributed by atoms with Gasteiger partial charge < -0.3 is 14.2 Å². The van der Waals surface area contributed by atoms with Gasteiger partial charge in [0.25, 0.3) is 0 Å². The molecule has 9 heteroatoms. The third-order valence-corrected chi connectivity index (χ3v) is 4.51. The Kier molecular flexibility index (Phi) is 3.32. The van der Waals surface area contributed by atoms with Gasteiger partial charge in [-0.15, -0.1) is 0 Å². The molecule has 0 radical (unpaired) electrons. The summed E-state index contributed by atoms with van der Waals surface area (Å²) in [7, 11) is -3.66. The van der Waals surface area contributed by atoms with E-state index < -0.39 is 10.0 Å². The fourth-order valence-corrected chi connectivity index (χ4v) is 3.01. The highest BCUT2D eigenvalue weighted by atomic mass is 32.2. The number of sulfonamides is 1. The molecule has 0 atom stereocenters. The lowest BCUT2D eigenvalue weighted by atomic mass is 10.4. The third kappa shape index (κ3) is 2.60. The zero-order valence-electron chi connectivity index (χ0n) is 10.6. The Labute approximate surface area is 115 Å². The van der Waals surface area contributed by atoms with Crippen LogP contribution < -0.4 is 4.72 Å². The largest absolute Gasteiger partial charge is 0.390 e. The van der Waals surface area contributed by atoms with E-state index in [1.165, 1.54) is 6.07 Å². The predicted molar refractivity (Wildman–Crippen MR) is 66.9 cm³/mol. The van der Waals surface area contributed by atoms with Gasteiger partial charge in [0.1, 0.15) is 0 Å². The zero-order valence-corrected chi connectivity index (χ0v) is 11.4. The number of rotatable bonds is 6. The molecule has 0 bridgehead atoms. The molecule has 0 saturated heterocycles. The summed E-state index contributed by atoms with van der Waals surface area (Å²) in [5.41, 5.74) is 0.604. The Hall–Kier alpha value is -1.71.